The molecule has 3 rings (SSSR count). The Bertz CT molecular complexity index is 990. The minimum atomic E-state index is -0.188. The summed E-state index contributed by atoms with van der Waals surface area (Å²) < 4.78 is 15.4. The standard InChI is InChI=1S/C22H26FN5/c1-15-11-18(9-10-20(15)23)13-25-22(24-4)26-14-19-7-5-6-8-21(19)28-17(3)12-16(2)27-28/h5-12H,13-14H2,1-4H3,(H2,24,25,26). The van der Waals surface area contributed by atoms with Gasteiger partial charge in [-0.3, -0.25) is 4.99 Å². The predicted molar refractivity (Wildman–Crippen MR) is 111 cm³/mol. The SMILES string of the molecule is CN=C(NCc1ccc(F)c(C)c1)NCc1ccccc1-n1nc(C)cc1C. The van der Waals surface area contributed by atoms with Crippen molar-refractivity contribution in [3.8, 4) is 5.69 Å². The number of guanidine groups is 1. The minimum absolute atomic E-state index is 0.188. The Morgan fingerprint density at radius 3 is 2.46 bits per heavy atom. The average Bonchev–Trinajstić information content (AvgIpc) is 3.03. The second kappa shape index (κ2) is 8.69. The maximum absolute atomic E-state index is 13.4. The molecule has 0 unspecified atom stereocenters. The first-order valence-corrected chi connectivity index (χ1v) is 9.29. The first-order valence-electron chi connectivity index (χ1n) is 9.29. The van der Waals surface area contributed by atoms with Gasteiger partial charge in [0, 0.05) is 25.8 Å². The van der Waals surface area contributed by atoms with Crippen LogP contribution >= 0.6 is 0 Å². The van der Waals surface area contributed by atoms with E-state index in [0.717, 1.165) is 28.2 Å². The van der Waals surface area contributed by atoms with Crippen LogP contribution < -0.4 is 10.6 Å². The monoisotopic (exact) mass is 379 g/mol. The molecule has 28 heavy (non-hydrogen) atoms. The highest BCUT2D eigenvalue weighted by molar-refractivity contribution is 5.79. The third kappa shape index (κ3) is 4.57. The molecule has 0 atom stereocenters. The number of hydrogen-bond acceptors (Lipinski definition) is 2. The summed E-state index contributed by atoms with van der Waals surface area (Å²) >= 11 is 0. The summed E-state index contributed by atoms with van der Waals surface area (Å²) in [6.07, 6.45) is 0. The number of benzene rings is 2. The van der Waals surface area contributed by atoms with E-state index in [-0.39, 0.29) is 5.82 Å². The van der Waals surface area contributed by atoms with Crippen LogP contribution in [0.5, 0.6) is 0 Å². The number of nitrogens with one attached hydrogen (secondary N) is 2. The Balaban J connectivity index is 1.67. The quantitative estimate of drug-likeness (QED) is 0.524. The first kappa shape index (κ1) is 19.6. The van der Waals surface area contributed by atoms with Gasteiger partial charge in [-0.2, -0.15) is 5.10 Å². The van der Waals surface area contributed by atoms with Gasteiger partial charge in [0.15, 0.2) is 5.96 Å². The summed E-state index contributed by atoms with van der Waals surface area (Å²) in [7, 11) is 1.73. The number of rotatable bonds is 5. The van der Waals surface area contributed by atoms with Crippen molar-refractivity contribution in [2.24, 2.45) is 4.99 Å². The smallest absolute Gasteiger partial charge is 0.191 e. The van der Waals surface area contributed by atoms with E-state index in [0.29, 0.717) is 24.6 Å². The highest BCUT2D eigenvalue weighted by Crippen LogP contribution is 2.17. The maximum atomic E-state index is 13.4. The molecule has 0 spiro atoms. The van der Waals surface area contributed by atoms with Gasteiger partial charge in [-0.15, -0.1) is 0 Å². The predicted octanol–water partition coefficient (Wildman–Crippen LogP) is 3.80. The molecule has 0 radical (unpaired) electrons. The van der Waals surface area contributed by atoms with Gasteiger partial charge in [0.05, 0.1) is 11.4 Å². The van der Waals surface area contributed by atoms with E-state index in [1.54, 1.807) is 20.0 Å². The molecule has 0 aliphatic heterocycles. The van der Waals surface area contributed by atoms with Crippen molar-refractivity contribution in [3.63, 3.8) is 0 Å². The molecule has 0 bridgehead atoms. The van der Waals surface area contributed by atoms with Gasteiger partial charge in [-0.25, -0.2) is 9.07 Å². The summed E-state index contributed by atoms with van der Waals surface area (Å²) in [6, 6.07) is 15.4. The molecule has 146 valence electrons. The van der Waals surface area contributed by atoms with E-state index < -0.39 is 0 Å². The molecule has 0 saturated heterocycles. The second-order valence-corrected chi connectivity index (χ2v) is 6.83. The number of aliphatic imine (C=N–C) groups is 1. The molecule has 1 aromatic heterocycles. The van der Waals surface area contributed by atoms with Gasteiger partial charge in [-0.1, -0.05) is 30.3 Å². The molecule has 5 nitrogen and oxygen atoms in total. The average molecular weight is 379 g/mol. The number of nitrogens with zero attached hydrogens (tertiary/aromatic N) is 3. The lowest BCUT2D eigenvalue weighted by molar-refractivity contribution is 0.617. The van der Waals surface area contributed by atoms with Crippen LogP contribution in [-0.4, -0.2) is 22.8 Å². The van der Waals surface area contributed by atoms with Gasteiger partial charge < -0.3 is 10.6 Å². The lowest BCUT2D eigenvalue weighted by atomic mass is 10.1. The fraction of sp³-hybridized carbons (Fsp3) is 0.273. The molecule has 3 aromatic rings. The van der Waals surface area contributed by atoms with Crippen molar-refractivity contribution in [1.29, 1.82) is 0 Å². The zero-order chi connectivity index (χ0) is 20.1. The molecular formula is C22H26FN5. The molecule has 2 N–H and O–H groups in total. The first-order chi connectivity index (χ1) is 13.5. The fourth-order valence-electron chi connectivity index (χ4n) is 3.14. The Kier molecular flexibility index (Phi) is 6.09. The molecule has 2 aromatic carbocycles. The number of para-hydroxylation sites is 1. The van der Waals surface area contributed by atoms with Crippen LogP contribution in [0.1, 0.15) is 28.1 Å². The van der Waals surface area contributed by atoms with E-state index >= 15 is 0 Å². The molecule has 0 amide bonds. The lowest BCUT2D eigenvalue weighted by Gasteiger charge is -2.15. The summed E-state index contributed by atoms with van der Waals surface area (Å²) in [6.45, 7) is 6.99. The summed E-state index contributed by atoms with van der Waals surface area (Å²) in [5.41, 5.74) is 5.90. The van der Waals surface area contributed by atoms with E-state index in [9.17, 15) is 4.39 Å². The third-order valence-electron chi connectivity index (χ3n) is 4.58. The van der Waals surface area contributed by atoms with E-state index in [1.807, 2.05) is 29.8 Å². The van der Waals surface area contributed by atoms with Crippen molar-refractivity contribution in [3.05, 3.63) is 82.4 Å². The number of hydrogen-bond donors (Lipinski definition) is 2. The van der Waals surface area contributed by atoms with Gasteiger partial charge >= 0.3 is 0 Å². The zero-order valence-electron chi connectivity index (χ0n) is 16.8. The Morgan fingerprint density at radius 2 is 1.79 bits per heavy atom. The third-order valence-corrected chi connectivity index (χ3v) is 4.58. The fourth-order valence-corrected chi connectivity index (χ4v) is 3.14. The van der Waals surface area contributed by atoms with Crippen molar-refractivity contribution >= 4 is 5.96 Å². The normalized spacial score (nSPS) is 11.5. The van der Waals surface area contributed by atoms with E-state index in [4.69, 9.17) is 0 Å². The van der Waals surface area contributed by atoms with Gasteiger partial charge in [-0.05, 0) is 55.7 Å². The maximum Gasteiger partial charge on any atom is 0.191 e. The topological polar surface area (TPSA) is 54.2 Å². The Labute approximate surface area is 165 Å². The molecule has 0 aliphatic rings. The molecule has 0 aliphatic carbocycles. The lowest BCUT2D eigenvalue weighted by Crippen LogP contribution is -2.36. The second-order valence-electron chi connectivity index (χ2n) is 6.83. The zero-order valence-corrected chi connectivity index (χ0v) is 16.8. The number of aryl methyl sites for hydroxylation is 3. The van der Waals surface area contributed by atoms with Gasteiger partial charge in [0.25, 0.3) is 0 Å². The van der Waals surface area contributed by atoms with Crippen molar-refractivity contribution < 1.29 is 4.39 Å². The molecular weight excluding hydrogens is 353 g/mol. The molecule has 6 heteroatoms. The Hall–Kier alpha value is -3.15. The summed E-state index contributed by atoms with van der Waals surface area (Å²) in [5.74, 6) is 0.497. The summed E-state index contributed by atoms with van der Waals surface area (Å²) in [5, 5.41) is 11.2. The van der Waals surface area contributed by atoms with Crippen molar-refractivity contribution in [2.75, 3.05) is 7.05 Å². The van der Waals surface area contributed by atoms with Crippen LogP contribution in [0, 0.1) is 26.6 Å². The molecule has 0 fully saturated rings. The number of halogens is 1. The highest BCUT2D eigenvalue weighted by Gasteiger charge is 2.09. The van der Waals surface area contributed by atoms with Crippen molar-refractivity contribution in [2.45, 2.75) is 33.9 Å². The molecule has 0 saturated carbocycles. The molecule has 1 heterocycles. The van der Waals surface area contributed by atoms with E-state index in [2.05, 4.69) is 45.8 Å². The van der Waals surface area contributed by atoms with Crippen LogP contribution in [0.2, 0.25) is 0 Å². The van der Waals surface area contributed by atoms with E-state index in [1.165, 1.54) is 6.07 Å². The Morgan fingerprint density at radius 1 is 1.04 bits per heavy atom. The van der Waals surface area contributed by atoms with Crippen molar-refractivity contribution in [1.82, 2.24) is 20.4 Å². The van der Waals surface area contributed by atoms with Gasteiger partial charge in [0.2, 0.25) is 0 Å². The van der Waals surface area contributed by atoms with Crippen LogP contribution in [0.15, 0.2) is 53.5 Å². The minimum Gasteiger partial charge on any atom is -0.352 e. The number of aromatic nitrogens is 2. The highest BCUT2D eigenvalue weighted by atomic mass is 19.1. The largest absolute Gasteiger partial charge is 0.352 e. The van der Waals surface area contributed by atoms with Crippen LogP contribution in [0.3, 0.4) is 0 Å². The van der Waals surface area contributed by atoms with Crippen LogP contribution in [-0.2, 0) is 13.1 Å². The van der Waals surface area contributed by atoms with Crippen LogP contribution in [0.25, 0.3) is 5.69 Å². The van der Waals surface area contributed by atoms with Crippen LogP contribution in [0.4, 0.5) is 4.39 Å². The van der Waals surface area contributed by atoms with Gasteiger partial charge in [0.1, 0.15) is 5.82 Å². The summed E-state index contributed by atoms with van der Waals surface area (Å²) in [4.78, 5) is 4.28.